The van der Waals surface area contributed by atoms with Gasteiger partial charge in [0.25, 0.3) is 0 Å². The first kappa shape index (κ1) is 12.0. The Morgan fingerprint density at radius 3 is 2.12 bits per heavy atom. The number of hydrogen-bond donors (Lipinski definition) is 0. The van der Waals surface area contributed by atoms with Crippen molar-refractivity contribution in [2.45, 2.75) is 56.7 Å². The first-order valence-corrected chi connectivity index (χ1v) is 6.65. The zero-order valence-corrected chi connectivity index (χ0v) is 11.2. The van der Waals surface area contributed by atoms with E-state index in [0.717, 1.165) is 6.42 Å². The molecular formula is C15H21Cl. The highest BCUT2D eigenvalue weighted by Crippen LogP contribution is 2.37. The van der Waals surface area contributed by atoms with Crippen LogP contribution in [0.25, 0.3) is 0 Å². The Morgan fingerprint density at radius 1 is 1.06 bits per heavy atom. The van der Waals surface area contributed by atoms with E-state index in [9.17, 15) is 0 Å². The lowest BCUT2D eigenvalue weighted by Gasteiger charge is -2.20. The van der Waals surface area contributed by atoms with E-state index < -0.39 is 0 Å². The molecule has 1 fully saturated rings. The van der Waals surface area contributed by atoms with Crippen LogP contribution in [0.2, 0.25) is 0 Å². The van der Waals surface area contributed by atoms with Crippen LogP contribution in [0.5, 0.6) is 0 Å². The first-order chi connectivity index (χ1) is 7.47. The van der Waals surface area contributed by atoms with Crippen LogP contribution < -0.4 is 0 Å². The molecule has 0 aliphatic heterocycles. The Balaban J connectivity index is 2.14. The monoisotopic (exact) mass is 236 g/mol. The SMILES string of the molecule is CC(C)(C)c1ccc(C2CCC(Cl)C2)cc1. The average Bonchev–Trinajstić information content (AvgIpc) is 2.64. The lowest BCUT2D eigenvalue weighted by molar-refractivity contribution is 0.589. The molecule has 2 rings (SSSR count). The van der Waals surface area contributed by atoms with Crippen molar-refractivity contribution in [3.8, 4) is 0 Å². The third-order valence-electron chi connectivity index (χ3n) is 3.62. The van der Waals surface area contributed by atoms with Crippen molar-refractivity contribution in [2.24, 2.45) is 0 Å². The highest BCUT2D eigenvalue weighted by atomic mass is 35.5. The molecule has 0 aromatic heterocycles. The van der Waals surface area contributed by atoms with E-state index >= 15 is 0 Å². The van der Waals surface area contributed by atoms with Crippen LogP contribution >= 0.6 is 11.6 Å². The molecule has 2 unspecified atom stereocenters. The van der Waals surface area contributed by atoms with Gasteiger partial charge in [0.1, 0.15) is 0 Å². The Hall–Kier alpha value is -0.490. The molecule has 0 nitrogen and oxygen atoms in total. The summed E-state index contributed by atoms with van der Waals surface area (Å²) in [6.07, 6.45) is 3.58. The van der Waals surface area contributed by atoms with Crippen molar-refractivity contribution in [3.05, 3.63) is 35.4 Å². The molecule has 2 atom stereocenters. The van der Waals surface area contributed by atoms with Crippen molar-refractivity contribution in [1.82, 2.24) is 0 Å². The molecule has 1 saturated carbocycles. The highest BCUT2D eigenvalue weighted by molar-refractivity contribution is 6.20. The van der Waals surface area contributed by atoms with Crippen LogP contribution in [-0.4, -0.2) is 5.38 Å². The quantitative estimate of drug-likeness (QED) is 0.611. The van der Waals surface area contributed by atoms with Gasteiger partial charge in [0, 0.05) is 5.38 Å². The van der Waals surface area contributed by atoms with Gasteiger partial charge in [-0.2, -0.15) is 0 Å². The van der Waals surface area contributed by atoms with E-state index in [1.807, 2.05) is 0 Å². The third kappa shape index (κ3) is 2.60. The van der Waals surface area contributed by atoms with Gasteiger partial charge in [0.05, 0.1) is 0 Å². The Labute approximate surface area is 104 Å². The topological polar surface area (TPSA) is 0 Å². The minimum atomic E-state index is 0.253. The fraction of sp³-hybridized carbons (Fsp3) is 0.600. The first-order valence-electron chi connectivity index (χ1n) is 6.21. The maximum atomic E-state index is 6.16. The van der Waals surface area contributed by atoms with Crippen LogP contribution in [0.1, 0.15) is 57.1 Å². The second-order valence-electron chi connectivity index (χ2n) is 5.98. The molecule has 0 spiro atoms. The molecule has 0 saturated heterocycles. The number of hydrogen-bond acceptors (Lipinski definition) is 0. The molecule has 1 heteroatoms. The number of alkyl halides is 1. The second-order valence-corrected chi connectivity index (χ2v) is 6.60. The van der Waals surface area contributed by atoms with Gasteiger partial charge in [0.2, 0.25) is 0 Å². The minimum Gasteiger partial charge on any atom is -0.123 e. The molecule has 0 N–H and O–H groups in total. The minimum absolute atomic E-state index is 0.253. The summed E-state index contributed by atoms with van der Waals surface area (Å²) in [5.74, 6) is 0.691. The van der Waals surface area contributed by atoms with Crippen LogP contribution in [0, 0.1) is 0 Å². The normalized spacial score (nSPS) is 26.0. The fourth-order valence-corrected chi connectivity index (χ4v) is 2.83. The van der Waals surface area contributed by atoms with Crippen molar-refractivity contribution >= 4 is 11.6 Å². The summed E-state index contributed by atoms with van der Waals surface area (Å²) in [6, 6.07) is 9.13. The second kappa shape index (κ2) is 4.41. The maximum Gasteiger partial charge on any atom is 0.0342 e. The zero-order chi connectivity index (χ0) is 11.8. The average molecular weight is 237 g/mol. The standard InChI is InChI=1S/C15H21Cl/c1-15(2,3)13-7-4-11(5-8-13)12-6-9-14(16)10-12/h4-5,7-8,12,14H,6,9-10H2,1-3H3. The van der Waals surface area contributed by atoms with E-state index in [0.29, 0.717) is 11.3 Å². The molecule has 0 amide bonds. The summed E-state index contributed by atoms with van der Waals surface area (Å²) >= 11 is 6.16. The Morgan fingerprint density at radius 2 is 1.69 bits per heavy atom. The molecule has 16 heavy (non-hydrogen) atoms. The Kier molecular flexibility index (Phi) is 3.30. The smallest absolute Gasteiger partial charge is 0.0342 e. The van der Waals surface area contributed by atoms with E-state index in [-0.39, 0.29) is 5.41 Å². The van der Waals surface area contributed by atoms with Gasteiger partial charge in [-0.15, -0.1) is 11.6 Å². The van der Waals surface area contributed by atoms with Crippen molar-refractivity contribution in [2.75, 3.05) is 0 Å². The number of halogens is 1. The van der Waals surface area contributed by atoms with Crippen LogP contribution in [0.3, 0.4) is 0 Å². The predicted molar refractivity (Wildman–Crippen MR) is 71.4 cm³/mol. The van der Waals surface area contributed by atoms with Crippen molar-refractivity contribution in [3.63, 3.8) is 0 Å². The summed E-state index contributed by atoms with van der Waals surface area (Å²) in [4.78, 5) is 0. The molecule has 1 aromatic rings. The van der Waals surface area contributed by atoms with Crippen molar-refractivity contribution in [1.29, 1.82) is 0 Å². The third-order valence-corrected chi connectivity index (χ3v) is 4.01. The summed E-state index contributed by atoms with van der Waals surface area (Å²) < 4.78 is 0. The summed E-state index contributed by atoms with van der Waals surface area (Å²) in [5.41, 5.74) is 3.14. The molecule has 0 bridgehead atoms. The van der Waals surface area contributed by atoms with Crippen molar-refractivity contribution < 1.29 is 0 Å². The molecule has 1 aliphatic carbocycles. The van der Waals surface area contributed by atoms with E-state index in [1.165, 1.54) is 24.0 Å². The van der Waals surface area contributed by atoms with Gasteiger partial charge in [0.15, 0.2) is 0 Å². The van der Waals surface area contributed by atoms with Gasteiger partial charge in [-0.3, -0.25) is 0 Å². The number of benzene rings is 1. The number of rotatable bonds is 1. The van der Waals surface area contributed by atoms with Gasteiger partial charge in [-0.1, -0.05) is 45.0 Å². The molecule has 1 aliphatic rings. The zero-order valence-electron chi connectivity index (χ0n) is 10.5. The van der Waals surface area contributed by atoms with E-state index in [2.05, 4.69) is 45.0 Å². The lowest BCUT2D eigenvalue weighted by atomic mass is 9.85. The lowest BCUT2D eigenvalue weighted by Crippen LogP contribution is -2.10. The Bertz CT molecular complexity index is 345. The fourth-order valence-electron chi connectivity index (χ4n) is 2.48. The summed E-state index contributed by atoms with van der Waals surface area (Å²) in [6.45, 7) is 6.77. The van der Waals surface area contributed by atoms with Crippen LogP contribution in [0.4, 0.5) is 0 Å². The molecule has 1 aromatic carbocycles. The maximum absolute atomic E-state index is 6.16. The van der Waals surface area contributed by atoms with Gasteiger partial charge >= 0.3 is 0 Å². The molecule has 88 valence electrons. The molecular weight excluding hydrogens is 216 g/mol. The van der Waals surface area contributed by atoms with E-state index in [1.54, 1.807) is 0 Å². The summed E-state index contributed by atoms with van der Waals surface area (Å²) in [5, 5.41) is 0.396. The molecule has 0 radical (unpaired) electrons. The van der Waals surface area contributed by atoms with Gasteiger partial charge < -0.3 is 0 Å². The van der Waals surface area contributed by atoms with Crippen LogP contribution in [0.15, 0.2) is 24.3 Å². The molecule has 0 heterocycles. The van der Waals surface area contributed by atoms with Gasteiger partial charge in [-0.25, -0.2) is 0 Å². The summed E-state index contributed by atoms with van der Waals surface area (Å²) in [7, 11) is 0. The highest BCUT2D eigenvalue weighted by Gasteiger charge is 2.24. The van der Waals surface area contributed by atoms with E-state index in [4.69, 9.17) is 11.6 Å². The predicted octanol–water partition coefficient (Wildman–Crippen LogP) is 4.86. The van der Waals surface area contributed by atoms with Crippen LogP contribution in [-0.2, 0) is 5.41 Å². The van der Waals surface area contributed by atoms with Gasteiger partial charge in [-0.05, 0) is 41.7 Å². The largest absolute Gasteiger partial charge is 0.123 e.